The maximum absolute atomic E-state index is 13.7. The number of Topliss-reactive ketones (excluding diaryl/α,β-unsaturated/α-hetero) is 1. The predicted octanol–water partition coefficient (Wildman–Crippen LogP) is 8.15. The zero-order valence-corrected chi connectivity index (χ0v) is 28.9. The number of hydrogen-bond donors (Lipinski definition) is 0. The number of fused-ring (bicyclic) bond motifs is 1. The molecular formula is C37H43ClN2O6S. The minimum atomic E-state index is -0.564. The number of aromatic nitrogens is 1. The van der Waals surface area contributed by atoms with E-state index >= 15 is 0 Å². The molecule has 2 aliphatic carbocycles. The Kier molecular flexibility index (Phi) is 9.24. The molecule has 3 aromatic rings. The van der Waals surface area contributed by atoms with Gasteiger partial charge in [0.2, 0.25) is 6.79 Å². The van der Waals surface area contributed by atoms with E-state index in [-0.39, 0.29) is 37.2 Å². The van der Waals surface area contributed by atoms with E-state index in [1.165, 1.54) is 6.42 Å². The van der Waals surface area contributed by atoms with Crippen molar-refractivity contribution >= 4 is 34.9 Å². The van der Waals surface area contributed by atoms with Crippen molar-refractivity contribution in [3.8, 4) is 11.5 Å². The lowest BCUT2D eigenvalue weighted by molar-refractivity contribution is -0.120. The molecule has 0 radical (unpaired) electrons. The average molecular weight is 679 g/mol. The van der Waals surface area contributed by atoms with Gasteiger partial charge in [0.25, 0.3) is 0 Å². The molecule has 10 heteroatoms. The number of carbonyl (C=O) groups is 2. The summed E-state index contributed by atoms with van der Waals surface area (Å²) in [6, 6.07) is 13.5. The van der Waals surface area contributed by atoms with Crippen molar-refractivity contribution in [3.05, 3.63) is 74.7 Å². The summed E-state index contributed by atoms with van der Waals surface area (Å²) >= 11 is 8.32. The number of benzene rings is 2. The summed E-state index contributed by atoms with van der Waals surface area (Å²) < 4.78 is 22.9. The van der Waals surface area contributed by atoms with Crippen molar-refractivity contribution in [2.45, 2.75) is 89.4 Å². The largest absolute Gasteiger partial charge is 0.508 e. The number of ketones is 1. The molecule has 0 N–H and O–H groups in total. The Morgan fingerprint density at radius 3 is 2.68 bits per heavy atom. The van der Waals surface area contributed by atoms with Crippen molar-refractivity contribution < 1.29 is 28.5 Å². The second-order valence-corrected chi connectivity index (χ2v) is 15.6. The number of likely N-dealkylation sites (tertiary alicyclic amines) is 1. The predicted molar refractivity (Wildman–Crippen MR) is 180 cm³/mol. The van der Waals surface area contributed by atoms with Crippen LogP contribution in [-0.2, 0) is 26.1 Å². The molecular weight excluding hydrogens is 636 g/mol. The Bertz CT molecular complexity index is 1620. The molecule has 2 aromatic carbocycles. The van der Waals surface area contributed by atoms with E-state index in [0.717, 1.165) is 59.0 Å². The molecule has 1 saturated heterocycles. The highest BCUT2D eigenvalue weighted by molar-refractivity contribution is 7.11. The van der Waals surface area contributed by atoms with E-state index in [1.54, 1.807) is 11.3 Å². The highest BCUT2D eigenvalue weighted by atomic mass is 35.5. The van der Waals surface area contributed by atoms with Gasteiger partial charge < -0.3 is 18.9 Å². The van der Waals surface area contributed by atoms with Crippen LogP contribution in [0.2, 0.25) is 5.02 Å². The van der Waals surface area contributed by atoms with E-state index < -0.39 is 11.6 Å². The SMILES string of the molecule is CC(C)[C@H]1CC[C@H](C)C[C@@H]1OC(=O)O[C@@H]1CCN(C(c2cnc(CC(=O)C3(c4ccc5c(c4)OCO5)CC3)s2)c2ccccc2Cl)C1. The van der Waals surface area contributed by atoms with Crippen molar-refractivity contribution in [3.63, 3.8) is 0 Å². The number of rotatable bonds is 10. The van der Waals surface area contributed by atoms with Gasteiger partial charge in [-0.3, -0.25) is 9.69 Å². The van der Waals surface area contributed by atoms with Gasteiger partial charge >= 0.3 is 6.16 Å². The minimum absolute atomic E-state index is 0.0993. The molecule has 47 heavy (non-hydrogen) atoms. The van der Waals surface area contributed by atoms with Crippen LogP contribution in [0.3, 0.4) is 0 Å². The molecule has 0 spiro atoms. The third kappa shape index (κ3) is 6.76. The van der Waals surface area contributed by atoms with Crippen LogP contribution in [0.15, 0.2) is 48.7 Å². The van der Waals surface area contributed by atoms with Crippen LogP contribution in [0.5, 0.6) is 11.5 Å². The van der Waals surface area contributed by atoms with Crippen molar-refractivity contribution in [2.24, 2.45) is 17.8 Å². The smallest absolute Gasteiger partial charge is 0.454 e. The summed E-state index contributed by atoms with van der Waals surface area (Å²) in [6.07, 6.45) is 6.68. The fourth-order valence-electron chi connectivity index (χ4n) is 7.74. The first-order chi connectivity index (χ1) is 22.7. The number of halogens is 1. The molecule has 0 bridgehead atoms. The molecule has 8 nitrogen and oxygen atoms in total. The van der Waals surface area contributed by atoms with Crippen LogP contribution in [0.25, 0.3) is 0 Å². The Morgan fingerprint density at radius 2 is 1.89 bits per heavy atom. The summed E-state index contributed by atoms with van der Waals surface area (Å²) in [7, 11) is 0. The Balaban J connectivity index is 1.04. The molecule has 250 valence electrons. The third-order valence-electron chi connectivity index (χ3n) is 10.6. The third-order valence-corrected chi connectivity index (χ3v) is 12.0. The van der Waals surface area contributed by atoms with Gasteiger partial charge in [-0.2, -0.15) is 0 Å². The lowest BCUT2D eigenvalue weighted by Crippen LogP contribution is -2.37. The Hall–Kier alpha value is -3.14. The first-order valence-electron chi connectivity index (χ1n) is 16.9. The summed E-state index contributed by atoms with van der Waals surface area (Å²) in [5.74, 6) is 2.95. The van der Waals surface area contributed by atoms with Gasteiger partial charge in [0, 0.05) is 29.2 Å². The van der Waals surface area contributed by atoms with Gasteiger partial charge in [-0.15, -0.1) is 11.3 Å². The van der Waals surface area contributed by atoms with E-state index in [9.17, 15) is 9.59 Å². The normalized spacial score (nSPS) is 25.5. The lowest BCUT2D eigenvalue weighted by atomic mass is 9.75. The second kappa shape index (κ2) is 13.4. The van der Waals surface area contributed by atoms with Crippen molar-refractivity contribution in [1.29, 1.82) is 0 Å². The fraction of sp³-hybridized carbons (Fsp3) is 0.541. The summed E-state index contributed by atoms with van der Waals surface area (Å²) in [5, 5.41) is 1.45. The summed E-state index contributed by atoms with van der Waals surface area (Å²) in [5.41, 5.74) is 1.46. The van der Waals surface area contributed by atoms with E-state index in [2.05, 4.69) is 25.7 Å². The molecule has 3 fully saturated rings. The molecule has 3 heterocycles. The van der Waals surface area contributed by atoms with E-state index in [1.807, 2.05) is 48.7 Å². The van der Waals surface area contributed by atoms with Crippen molar-refractivity contribution in [2.75, 3.05) is 19.9 Å². The Morgan fingerprint density at radius 1 is 1.09 bits per heavy atom. The zero-order chi connectivity index (χ0) is 32.7. The summed E-state index contributed by atoms with van der Waals surface area (Å²) in [6.45, 7) is 8.13. The maximum Gasteiger partial charge on any atom is 0.508 e. The average Bonchev–Trinajstić information content (AvgIpc) is 3.32. The minimum Gasteiger partial charge on any atom is -0.454 e. The second-order valence-electron chi connectivity index (χ2n) is 14.1. The van der Waals surface area contributed by atoms with Crippen LogP contribution >= 0.6 is 22.9 Å². The first-order valence-corrected chi connectivity index (χ1v) is 18.1. The molecule has 1 unspecified atom stereocenters. The van der Waals surface area contributed by atoms with Crippen LogP contribution in [0.4, 0.5) is 4.79 Å². The van der Waals surface area contributed by atoms with Crippen LogP contribution < -0.4 is 9.47 Å². The molecule has 2 aliphatic heterocycles. The van der Waals surface area contributed by atoms with Crippen LogP contribution in [0.1, 0.15) is 86.3 Å². The van der Waals surface area contributed by atoms with Gasteiger partial charge in [-0.25, -0.2) is 9.78 Å². The molecule has 4 aliphatic rings. The fourth-order valence-corrected chi connectivity index (χ4v) is 9.05. The van der Waals surface area contributed by atoms with Gasteiger partial charge in [-0.05, 0) is 79.2 Å². The first kappa shape index (κ1) is 32.4. The van der Waals surface area contributed by atoms with E-state index in [0.29, 0.717) is 41.5 Å². The number of nitrogens with zero attached hydrogens (tertiary/aromatic N) is 2. The number of hydrogen-bond acceptors (Lipinski definition) is 9. The number of thiazole rings is 1. The molecule has 7 rings (SSSR count). The number of ether oxygens (including phenoxy) is 4. The standard InChI is InChI=1S/C37H43ClN2O6S/c1-22(2)26-10-8-23(3)16-30(26)46-36(42)45-25-12-15-40(20-25)35(27-6-4-5-7-28(27)38)32-19-39-34(47-32)18-33(41)37(13-14-37)24-9-11-29-31(17-24)44-21-43-29/h4-7,9,11,17,19,22-23,25-26,30,35H,8,10,12-16,18,20-21H2,1-3H3/t23-,25+,26+,30-,35?/m0/s1. The number of carbonyl (C=O) groups excluding carboxylic acids is 2. The lowest BCUT2D eigenvalue weighted by Gasteiger charge is -2.36. The van der Waals surface area contributed by atoms with Crippen LogP contribution in [-0.4, -0.2) is 53.9 Å². The topological polar surface area (TPSA) is 87.2 Å². The maximum atomic E-state index is 13.7. The van der Waals surface area contributed by atoms with Gasteiger partial charge in [-0.1, -0.05) is 63.1 Å². The highest BCUT2D eigenvalue weighted by Crippen LogP contribution is 2.52. The Labute approximate surface area is 285 Å². The quantitative estimate of drug-likeness (QED) is 0.199. The van der Waals surface area contributed by atoms with Crippen molar-refractivity contribution in [1.82, 2.24) is 9.88 Å². The van der Waals surface area contributed by atoms with Gasteiger partial charge in [0.05, 0.1) is 17.9 Å². The zero-order valence-electron chi connectivity index (χ0n) is 27.3. The highest BCUT2D eigenvalue weighted by Gasteiger charge is 2.51. The van der Waals surface area contributed by atoms with Gasteiger partial charge in [0.1, 0.15) is 23.0 Å². The molecule has 5 atom stereocenters. The van der Waals surface area contributed by atoms with Gasteiger partial charge in [0.15, 0.2) is 11.5 Å². The summed E-state index contributed by atoms with van der Waals surface area (Å²) in [4.78, 5) is 34.8. The monoisotopic (exact) mass is 678 g/mol. The molecule has 2 saturated carbocycles. The molecule has 0 amide bonds. The van der Waals surface area contributed by atoms with E-state index in [4.69, 9.17) is 35.5 Å². The van der Waals surface area contributed by atoms with Crippen LogP contribution in [0, 0.1) is 17.8 Å². The molecule has 1 aromatic heterocycles.